The molecule has 0 aliphatic heterocycles. The van der Waals surface area contributed by atoms with Crippen LogP contribution in [0.3, 0.4) is 0 Å². The number of aryl methyl sites for hydroxylation is 2. The summed E-state index contributed by atoms with van der Waals surface area (Å²) in [7, 11) is -3.56. The van der Waals surface area contributed by atoms with Crippen molar-refractivity contribution in [1.82, 2.24) is 10.2 Å². The number of anilines is 1. The number of hydrogen-bond donors (Lipinski definition) is 1. The van der Waals surface area contributed by atoms with Crippen molar-refractivity contribution in [2.24, 2.45) is 0 Å². The first-order valence-electron chi connectivity index (χ1n) is 13.8. The predicted molar refractivity (Wildman–Crippen MR) is 169 cm³/mol. The van der Waals surface area contributed by atoms with Gasteiger partial charge in [0.25, 0.3) is 0 Å². The summed E-state index contributed by atoms with van der Waals surface area (Å²) in [6.07, 6.45) is 1.93. The molecule has 0 saturated heterocycles. The largest absolute Gasteiger partial charge is 0.352 e. The number of benzene rings is 3. The maximum absolute atomic E-state index is 13.9. The monoisotopic (exact) mass is 641 g/mol. The number of rotatable bonds is 13. The Kier molecular flexibility index (Phi) is 11.5. The van der Waals surface area contributed by atoms with Crippen molar-refractivity contribution in [1.29, 1.82) is 0 Å². The van der Waals surface area contributed by atoms with Gasteiger partial charge in [-0.15, -0.1) is 0 Å². The topological polar surface area (TPSA) is 86.8 Å². The van der Waals surface area contributed by atoms with Crippen molar-refractivity contribution in [2.45, 2.75) is 65.6 Å². The molecule has 0 aliphatic rings. The molecule has 220 valence electrons. The van der Waals surface area contributed by atoms with Crippen LogP contribution >= 0.6 is 15.9 Å². The summed E-state index contributed by atoms with van der Waals surface area (Å²) in [5.41, 5.74) is 4.49. The highest BCUT2D eigenvalue weighted by Crippen LogP contribution is 2.23. The minimum atomic E-state index is -3.56. The van der Waals surface area contributed by atoms with Crippen LogP contribution in [0.2, 0.25) is 0 Å². The lowest BCUT2D eigenvalue weighted by Gasteiger charge is -2.32. The molecule has 7 nitrogen and oxygen atoms in total. The van der Waals surface area contributed by atoms with Crippen LogP contribution in [0.1, 0.15) is 48.9 Å². The Morgan fingerprint density at radius 3 is 2.15 bits per heavy atom. The van der Waals surface area contributed by atoms with E-state index in [1.54, 1.807) is 11.0 Å². The second kappa shape index (κ2) is 14.6. The highest BCUT2D eigenvalue weighted by Gasteiger charge is 2.31. The normalized spacial score (nSPS) is 12.2. The summed E-state index contributed by atoms with van der Waals surface area (Å²) in [5, 5.41) is 2.99. The number of hydrogen-bond acceptors (Lipinski definition) is 4. The second-order valence-electron chi connectivity index (χ2n) is 10.7. The lowest BCUT2D eigenvalue weighted by atomic mass is 10.0. The van der Waals surface area contributed by atoms with E-state index in [1.165, 1.54) is 10.6 Å². The zero-order valence-corrected chi connectivity index (χ0v) is 26.8. The van der Waals surface area contributed by atoms with E-state index >= 15 is 0 Å². The molecule has 0 aliphatic carbocycles. The minimum Gasteiger partial charge on any atom is -0.352 e. The SMILES string of the molecule is Cc1ccc(N(CCCC(=O)N(Cc2ccc(Br)cc2)[C@H](Cc2ccccc2)C(=O)NC(C)C)S(C)(=O)=O)cc1C. The second-order valence-corrected chi connectivity index (χ2v) is 13.5. The number of nitrogens with one attached hydrogen (secondary N) is 1. The fourth-order valence-corrected chi connectivity index (χ4v) is 5.83. The van der Waals surface area contributed by atoms with Crippen LogP contribution in [-0.4, -0.2) is 50.0 Å². The van der Waals surface area contributed by atoms with Gasteiger partial charge in [-0.1, -0.05) is 64.5 Å². The zero-order valence-electron chi connectivity index (χ0n) is 24.4. The van der Waals surface area contributed by atoms with E-state index in [4.69, 9.17) is 0 Å². The van der Waals surface area contributed by atoms with E-state index in [2.05, 4.69) is 21.2 Å². The Morgan fingerprint density at radius 2 is 1.56 bits per heavy atom. The fourth-order valence-electron chi connectivity index (χ4n) is 4.61. The Bertz CT molecular complexity index is 1430. The Balaban J connectivity index is 1.88. The van der Waals surface area contributed by atoms with Crippen molar-refractivity contribution in [3.8, 4) is 0 Å². The van der Waals surface area contributed by atoms with E-state index in [-0.39, 0.29) is 37.4 Å². The number of nitrogens with zero attached hydrogens (tertiary/aromatic N) is 2. The number of carbonyl (C=O) groups excluding carboxylic acids is 2. The molecule has 0 bridgehead atoms. The molecule has 0 aromatic heterocycles. The smallest absolute Gasteiger partial charge is 0.243 e. The van der Waals surface area contributed by atoms with Crippen molar-refractivity contribution in [3.05, 3.63) is 99.5 Å². The molecule has 3 aromatic rings. The highest BCUT2D eigenvalue weighted by molar-refractivity contribution is 9.10. The van der Waals surface area contributed by atoms with Gasteiger partial charge in [0.05, 0.1) is 11.9 Å². The highest BCUT2D eigenvalue weighted by atomic mass is 79.9. The molecule has 0 radical (unpaired) electrons. The summed E-state index contributed by atoms with van der Waals surface area (Å²) in [6.45, 7) is 8.11. The molecule has 1 atom stereocenters. The van der Waals surface area contributed by atoms with Crippen LogP contribution in [0.15, 0.2) is 77.3 Å². The summed E-state index contributed by atoms with van der Waals surface area (Å²) in [6, 6.07) is 22.0. The first kappa shape index (κ1) is 32.3. The molecular formula is C32H40BrN3O4S. The number of halogens is 1. The van der Waals surface area contributed by atoms with E-state index in [9.17, 15) is 18.0 Å². The fraction of sp³-hybridized carbons (Fsp3) is 0.375. The van der Waals surface area contributed by atoms with Gasteiger partial charge in [-0.2, -0.15) is 0 Å². The maximum atomic E-state index is 13.9. The first-order valence-corrected chi connectivity index (χ1v) is 16.4. The zero-order chi connectivity index (χ0) is 30.2. The van der Waals surface area contributed by atoms with Gasteiger partial charge in [-0.3, -0.25) is 13.9 Å². The van der Waals surface area contributed by atoms with Crippen LogP contribution in [0, 0.1) is 13.8 Å². The van der Waals surface area contributed by atoms with Crippen molar-refractivity contribution < 1.29 is 18.0 Å². The molecule has 0 spiro atoms. The molecule has 0 fully saturated rings. The molecule has 3 aromatic carbocycles. The predicted octanol–water partition coefficient (Wildman–Crippen LogP) is 5.78. The van der Waals surface area contributed by atoms with Gasteiger partial charge in [-0.05, 0) is 80.6 Å². The van der Waals surface area contributed by atoms with Crippen LogP contribution < -0.4 is 9.62 Å². The average Bonchev–Trinajstić information content (AvgIpc) is 2.90. The van der Waals surface area contributed by atoms with Gasteiger partial charge < -0.3 is 10.2 Å². The van der Waals surface area contributed by atoms with Crippen LogP contribution in [0.25, 0.3) is 0 Å². The lowest BCUT2D eigenvalue weighted by molar-refractivity contribution is -0.141. The Labute approximate surface area is 253 Å². The number of sulfonamides is 1. The molecule has 0 saturated carbocycles. The van der Waals surface area contributed by atoms with Crippen LogP contribution in [-0.2, 0) is 32.6 Å². The third-order valence-corrected chi connectivity index (χ3v) is 8.62. The molecule has 0 unspecified atom stereocenters. The van der Waals surface area contributed by atoms with Gasteiger partial charge in [0.1, 0.15) is 6.04 Å². The van der Waals surface area contributed by atoms with Crippen molar-refractivity contribution >= 4 is 43.5 Å². The van der Waals surface area contributed by atoms with E-state index < -0.39 is 16.1 Å². The van der Waals surface area contributed by atoms with E-state index in [1.807, 2.05) is 94.4 Å². The van der Waals surface area contributed by atoms with Crippen molar-refractivity contribution in [3.63, 3.8) is 0 Å². The third kappa shape index (κ3) is 9.71. The van der Waals surface area contributed by atoms with E-state index in [0.29, 0.717) is 18.5 Å². The summed E-state index contributed by atoms with van der Waals surface area (Å²) >= 11 is 3.46. The maximum Gasteiger partial charge on any atom is 0.243 e. The Morgan fingerprint density at radius 1 is 0.902 bits per heavy atom. The summed E-state index contributed by atoms with van der Waals surface area (Å²) < 4.78 is 27.6. The van der Waals surface area contributed by atoms with Gasteiger partial charge >= 0.3 is 0 Å². The third-order valence-electron chi connectivity index (χ3n) is 6.90. The first-order chi connectivity index (χ1) is 19.3. The summed E-state index contributed by atoms with van der Waals surface area (Å²) in [5.74, 6) is -0.427. The van der Waals surface area contributed by atoms with E-state index in [0.717, 1.165) is 26.7 Å². The van der Waals surface area contributed by atoms with Gasteiger partial charge in [0.2, 0.25) is 21.8 Å². The Hall–Kier alpha value is -3.17. The van der Waals surface area contributed by atoms with Crippen LogP contribution in [0.4, 0.5) is 5.69 Å². The minimum absolute atomic E-state index is 0.0909. The van der Waals surface area contributed by atoms with Gasteiger partial charge in [0, 0.05) is 36.4 Å². The number of carbonyl (C=O) groups is 2. The standard InChI is InChI=1S/C32H40BrN3O4S/c1-23(2)34-32(38)30(21-26-10-7-6-8-11-26)35(22-27-14-16-28(33)17-15-27)31(37)12-9-19-36(41(5,39)40)29-18-13-24(3)25(4)20-29/h6-8,10-11,13-18,20,23,30H,9,12,19,21-22H2,1-5H3,(H,34,38)/t30-/m1/s1. The van der Waals surface area contributed by atoms with Gasteiger partial charge in [-0.25, -0.2) is 8.42 Å². The molecule has 9 heteroatoms. The quantitative estimate of drug-likeness (QED) is 0.256. The average molecular weight is 643 g/mol. The molecule has 0 heterocycles. The molecule has 2 amide bonds. The molecule has 1 N–H and O–H groups in total. The molecular weight excluding hydrogens is 602 g/mol. The lowest BCUT2D eigenvalue weighted by Crippen LogP contribution is -2.51. The van der Waals surface area contributed by atoms with Gasteiger partial charge in [0.15, 0.2) is 0 Å². The van der Waals surface area contributed by atoms with Crippen molar-refractivity contribution in [2.75, 3.05) is 17.1 Å². The molecule has 41 heavy (non-hydrogen) atoms. The molecule has 3 rings (SSSR count). The van der Waals surface area contributed by atoms with Crippen LogP contribution in [0.5, 0.6) is 0 Å². The summed E-state index contributed by atoms with van der Waals surface area (Å²) in [4.78, 5) is 29.0. The number of amides is 2.